The molecule has 0 aliphatic carbocycles. The Hall–Kier alpha value is -3.61. The molecule has 0 saturated carbocycles. The summed E-state index contributed by atoms with van der Waals surface area (Å²) in [4.78, 5) is 38.6. The van der Waals surface area contributed by atoms with E-state index in [0.29, 0.717) is 29.2 Å². The average molecular weight is 452 g/mol. The molecule has 1 unspecified atom stereocenters. The third kappa shape index (κ3) is 5.42. The van der Waals surface area contributed by atoms with Gasteiger partial charge in [-0.3, -0.25) is 14.4 Å². The summed E-state index contributed by atoms with van der Waals surface area (Å²) in [6.07, 6.45) is 1.57. The van der Waals surface area contributed by atoms with Crippen LogP contribution in [0.5, 0.6) is 11.5 Å². The monoisotopic (exact) mass is 451 g/mol. The van der Waals surface area contributed by atoms with E-state index in [2.05, 4.69) is 0 Å². The molecule has 1 saturated heterocycles. The van der Waals surface area contributed by atoms with Crippen molar-refractivity contribution in [2.24, 2.45) is 0 Å². The predicted octanol–water partition coefficient (Wildman–Crippen LogP) is 4.62. The fourth-order valence-electron chi connectivity index (χ4n) is 3.79. The Morgan fingerprint density at radius 3 is 2.18 bits per heavy atom. The van der Waals surface area contributed by atoms with Crippen LogP contribution in [0.1, 0.15) is 57.7 Å². The van der Waals surface area contributed by atoms with Gasteiger partial charge in [0.1, 0.15) is 17.3 Å². The number of unbranched alkanes of at least 4 members (excludes halogenated alkanes) is 1. The van der Waals surface area contributed by atoms with Crippen LogP contribution in [0.25, 0.3) is 5.76 Å². The van der Waals surface area contributed by atoms with E-state index in [0.717, 1.165) is 12.8 Å². The number of aliphatic hydroxyl groups excluding tert-OH is 1. The van der Waals surface area contributed by atoms with Crippen molar-refractivity contribution in [3.63, 3.8) is 0 Å². The molecule has 1 heterocycles. The zero-order valence-corrected chi connectivity index (χ0v) is 19.3. The van der Waals surface area contributed by atoms with E-state index in [1.165, 1.54) is 11.8 Å². The van der Waals surface area contributed by atoms with Crippen molar-refractivity contribution < 1.29 is 29.0 Å². The van der Waals surface area contributed by atoms with Crippen molar-refractivity contribution in [1.29, 1.82) is 0 Å². The molecule has 1 atom stereocenters. The number of esters is 1. The molecule has 1 aliphatic heterocycles. The second-order valence-corrected chi connectivity index (χ2v) is 8.20. The Bertz CT molecular complexity index is 1050. The van der Waals surface area contributed by atoms with Gasteiger partial charge in [0.15, 0.2) is 0 Å². The number of ketones is 1. The van der Waals surface area contributed by atoms with Crippen molar-refractivity contribution in [2.75, 3.05) is 6.54 Å². The number of hydrogen-bond acceptors (Lipinski definition) is 6. The lowest BCUT2D eigenvalue weighted by atomic mass is 9.95. The number of hydrogen-bond donors (Lipinski definition) is 1. The predicted molar refractivity (Wildman–Crippen MR) is 124 cm³/mol. The summed E-state index contributed by atoms with van der Waals surface area (Å²) < 4.78 is 10.7. The Morgan fingerprint density at radius 2 is 1.64 bits per heavy atom. The maximum atomic E-state index is 13.0. The van der Waals surface area contributed by atoms with Crippen molar-refractivity contribution in [1.82, 2.24) is 4.90 Å². The van der Waals surface area contributed by atoms with Gasteiger partial charge in [0.05, 0.1) is 17.7 Å². The topological polar surface area (TPSA) is 93.1 Å². The SMILES string of the molecule is CCCCN1C(=O)C(=O)/C(=C(\O)c2ccc(OC(C)C)cc2)C1c1ccc(OC(C)=O)cc1. The summed E-state index contributed by atoms with van der Waals surface area (Å²) in [5.74, 6) is -1.04. The highest BCUT2D eigenvalue weighted by molar-refractivity contribution is 6.46. The van der Waals surface area contributed by atoms with Crippen LogP contribution in [-0.2, 0) is 14.4 Å². The first-order valence-corrected chi connectivity index (χ1v) is 11.1. The first-order valence-electron chi connectivity index (χ1n) is 11.1. The minimum absolute atomic E-state index is 0.00305. The number of ether oxygens (including phenoxy) is 2. The van der Waals surface area contributed by atoms with Gasteiger partial charge in [0.2, 0.25) is 0 Å². The van der Waals surface area contributed by atoms with Gasteiger partial charge in [-0.2, -0.15) is 0 Å². The lowest BCUT2D eigenvalue weighted by Gasteiger charge is -2.25. The highest BCUT2D eigenvalue weighted by Crippen LogP contribution is 2.40. The van der Waals surface area contributed by atoms with E-state index in [1.807, 2.05) is 20.8 Å². The molecule has 3 rings (SSSR count). The minimum Gasteiger partial charge on any atom is -0.507 e. The fraction of sp³-hybridized carbons (Fsp3) is 0.346. The van der Waals surface area contributed by atoms with Crippen LogP contribution in [0.4, 0.5) is 0 Å². The van der Waals surface area contributed by atoms with Crippen LogP contribution in [0, 0.1) is 0 Å². The Balaban J connectivity index is 2.05. The van der Waals surface area contributed by atoms with Gasteiger partial charge >= 0.3 is 5.97 Å². The summed E-state index contributed by atoms with van der Waals surface area (Å²) in [6.45, 7) is 7.53. The highest BCUT2D eigenvalue weighted by atomic mass is 16.5. The van der Waals surface area contributed by atoms with E-state index in [4.69, 9.17) is 9.47 Å². The molecule has 0 aromatic heterocycles. The van der Waals surface area contributed by atoms with Crippen LogP contribution in [0.2, 0.25) is 0 Å². The van der Waals surface area contributed by atoms with E-state index < -0.39 is 23.7 Å². The largest absolute Gasteiger partial charge is 0.507 e. The molecule has 174 valence electrons. The zero-order valence-electron chi connectivity index (χ0n) is 19.3. The summed E-state index contributed by atoms with van der Waals surface area (Å²) in [5.41, 5.74) is 1.09. The molecule has 0 radical (unpaired) electrons. The fourth-order valence-corrected chi connectivity index (χ4v) is 3.79. The van der Waals surface area contributed by atoms with Gasteiger partial charge in [-0.25, -0.2) is 0 Å². The quantitative estimate of drug-likeness (QED) is 0.207. The number of aliphatic hydroxyl groups is 1. The second-order valence-electron chi connectivity index (χ2n) is 8.20. The van der Waals surface area contributed by atoms with Gasteiger partial charge in [0.25, 0.3) is 11.7 Å². The van der Waals surface area contributed by atoms with E-state index in [9.17, 15) is 19.5 Å². The third-order valence-corrected chi connectivity index (χ3v) is 5.25. The Labute approximate surface area is 193 Å². The van der Waals surface area contributed by atoms with Crippen molar-refractivity contribution >= 4 is 23.4 Å². The summed E-state index contributed by atoms with van der Waals surface area (Å²) in [6, 6.07) is 12.6. The summed E-state index contributed by atoms with van der Waals surface area (Å²) >= 11 is 0. The number of carbonyl (C=O) groups excluding carboxylic acids is 3. The number of amides is 1. The van der Waals surface area contributed by atoms with Crippen LogP contribution in [-0.4, -0.2) is 40.3 Å². The maximum absolute atomic E-state index is 13.0. The number of carbonyl (C=O) groups is 3. The lowest BCUT2D eigenvalue weighted by molar-refractivity contribution is -0.139. The average Bonchev–Trinajstić information content (AvgIpc) is 3.02. The minimum atomic E-state index is -0.741. The summed E-state index contributed by atoms with van der Waals surface area (Å²) in [5, 5.41) is 11.1. The number of rotatable bonds is 8. The molecular formula is C26H29NO6. The van der Waals surface area contributed by atoms with E-state index >= 15 is 0 Å². The van der Waals surface area contributed by atoms with Crippen molar-refractivity contribution in [3.05, 3.63) is 65.2 Å². The highest BCUT2D eigenvalue weighted by Gasteiger charge is 2.45. The molecule has 1 aliphatic rings. The van der Waals surface area contributed by atoms with E-state index in [-0.39, 0.29) is 17.4 Å². The molecule has 7 nitrogen and oxygen atoms in total. The number of likely N-dealkylation sites (tertiary alicyclic amines) is 1. The molecule has 0 bridgehead atoms. The standard InChI is InChI=1S/C26H29NO6/c1-5-6-15-27-23(18-7-11-21(12-8-18)33-17(4)28)22(25(30)26(27)31)24(29)19-9-13-20(14-10-19)32-16(2)3/h7-14,16,23,29H,5-6,15H2,1-4H3/b24-22-. The van der Waals surface area contributed by atoms with Gasteiger partial charge in [0, 0.05) is 19.0 Å². The third-order valence-electron chi connectivity index (χ3n) is 5.25. The molecule has 33 heavy (non-hydrogen) atoms. The van der Waals surface area contributed by atoms with Crippen LogP contribution in [0.3, 0.4) is 0 Å². The van der Waals surface area contributed by atoms with Crippen LogP contribution < -0.4 is 9.47 Å². The molecule has 0 spiro atoms. The molecule has 1 amide bonds. The normalized spacial score (nSPS) is 17.5. The molecule has 2 aromatic carbocycles. The summed E-state index contributed by atoms with van der Waals surface area (Å²) in [7, 11) is 0. The second kappa shape index (κ2) is 10.3. The zero-order chi connectivity index (χ0) is 24.1. The molecule has 2 aromatic rings. The smallest absolute Gasteiger partial charge is 0.308 e. The number of benzene rings is 2. The van der Waals surface area contributed by atoms with Gasteiger partial charge in [-0.15, -0.1) is 0 Å². The molecule has 1 N–H and O–H groups in total. The van der Waals surface area contributed by atoms with Crippen molar-refractivity contribution in [3.8, 4) is 11.5 Å². The van der Waals surface area contributed by atoms with Crippen molar-refractivity contribution in [2.45, 2.75) is 52.7 Å². The van der Waals surface area contributed by atoms with E-state index in [1.54, 1.807) is 48.5 Å². The van der Waals surface area contributed by atoms with Gasteiger partial charge < -0.3 is 19.5 Å². The van der Waals surface area contributed by atoms with Crippen LogP contribution >= 0.6 is 0 Å². The molecular weight excluding hydrogens is 422 g/mol. The lowest BCUT2D eigenvalue weighted by Crippen LogP contribution is -2.30. The van der Waals surface area contributed by atoms with Gasteiger partial charge in [-0.05, 0) is 62.2 Å². The molecule has 7 heteroatoms. The first kappa shape index (κ1) is 24.0. The Kier molecular flexibility index (Phi) is 7.53. The van der Waals surface area contributed by atoms with Crippen LogP contribution in [0.15, 0.2) is 54.1 Å². The molecule has 1 fully saturated rings. The maximum Gasteiger partial charge on any atom is 0.308 e. The number of nitrogens with zero attached hydrogens (tertiary/aromatic N) is 1. The van der Waals surface area contributed by atoms with Gasteiger partial charge in [-0.1, -0.05) is 25.5 Å². The first-order chi connectivity index (χ1) is 15.7. The number of Topliss-reactive ketones (excluding diaryl/α,β-unsaturated/α-hetero) is 1. The Morgan fingerprint density at radius 1 is 1.03 bits per heavy atom.